The first-order chi connectivity index (χ1) is 7.76. The molecule has 1 N–H and O–H groups in total. The van der Waals surface area contributed by atoms with E-state index in [0.717, 1.165) is 6.54 Å². The van der Waals surface area contributed by atoms with Gasteiger partial charge >= 0.3 is 0 Å². The highest BCUT2D eigenvalue weighted by atomic mass is 15.1. The SMILES string of the molecule is C=CCN(CCC)CC1(CC)CCNCC1. The Morgan fingerprint density at radius 1 is 1.31 bits per heavy atom. The van der Waals surface area contributed by atoms with E-state index in [1.807, 2.05) is 6.08 Å². The molecular weight excluding hydrogens is 196 g/mol. The minimum absolute atomic E-state index is 0.559. The van der Waals surface area contributed by atoms with E-state index in [1.165, 1.54) is 51.9 Å². The monoisotopic (exact) mass is 224 g/mol. The number of rotatable bonds is 7. The molecule has 0 spiro atoms. The molecule has 2 heteroatoms. The lowest BCUT2D eigenvalue weighted by atomic mass is 9.76. The van der Waals surface area contributed by atoms with E-state index >= 15 is 0 Å². The molecule has 0 saturated carbocycles. The first-order valence-electron chi connectivity index (χ1n) is 6.80. The second kappa shape index (κ2) is 7.08. The van der Waals surface area contributed by atoms with Crippen LogP contribution in [-0.2, 0) is 0 Å². The molecule has 0 amide bonds. The molecule has 16 heavy (non-hydrogen) atoms. The van der Waals surface area contributed by atoms with Gasteiger partial charge in [-0.15, -0.1) is 6.58 Å². The Morgan fingerprint density at radius 3 is 2.50 bits per heavy atom. The quantitative estimate of drug-likeness (QED) is 0.669. The molecule has 0 bridgehead atoms. The molecule has 0 aromatic carbocycles. The summed E-state index contributed by atoms with van der Waals surface area (Å²) < 4.78 is 0. The van der Waals surface area contributed by atoms with Gasteiger partial charge in [-0.2, -0.15) is 0 Å². The predicted octanol–water partition coefficient (Wildman–Crippen LogP) is 2.66. The van der Waals surface area contributed by atoms with Crippen molar-refractivity contribution < 1.29 is 0 Å². The third-order valence-corrected chi connectivity index (χ3v) is 3.90. The third-order valence-electron chi connectivity index (χ3n) is 3.90. The van der Waals surface area contributed by atoms with E-state index in [0.29, 0.717) is 5.41 Å². The lowest BCUT2D eigenvalue weighted by molar-refractivity contribution is 0.114. The highest BCUT2D eigenvalue weighted by Crippen LogP contribution is 2.33. The fraction of sp³-hybridized carbons (Fsp3) is 0.857. The Hall–Kier alpha value is -0.340. The van der Waals surface area contributed by atoms with Gasteiger partial charge in [0.15, 0.2) is 0 Å². The highest BCUT2D eigenvalue weighted by molar-refractivity contribution is 4.88. The van der Waals surface area contributed by atoms with Gasteiger partial charge < -0.3 is 5.32 Å². The molecule has 2 nitrogen and oxygen atoms in total. The van der Waals surface area contributed by atoms with Crippen LogP contribution in [0.25, 0.3) is 0 Å². The van der Waals surface area contributed by atoms with Crippen LogP contribution in [-0.4, -0.2) is 37.6 Å². The summed E-state index contributed by atoms with van der Waals surface area (Å²) in [5, 5.41) is 3.47. The molecule has 1 saturated heterocycles. The molecule has 0 atom stereocenters. The average molecular weight is 224 g/mol. The number of nitrogens with one attached hydrogen (secondary N) is 1. The molecule has 1 rings (SSSR count). The molecule has 0 unspecified atom stereocenters. The van der Waals surface area contributed by atoms with E-state index in [2.05, 4.69) is 30.6 Å². The van der Waals surface area contributed by atoms with Crippen molar-refractivity contribution in [1.82, 2.24) is 10.2 Å². The summed E-state index contributed by atoms with van der Waals surface area (Å²) in [7, 11) is 0. The maximum Gasteiger partial charge on any atom is 0.0160 e. The minimum Gasteiger partial charge on any atom is -0.317 e. The molecule has 94 valence electrons. The Balaban J connectivity index is 2.53. The third kappa shape index (κ3) is 3.91. The fourth-order valence-electron chi connectivity index (χ4n) is 2.79. The van der Waals surface area contributed by atoms with E-state index < -0.39 is 0 Å². The van der Waals surface area contributed by atoms with Gasteiger partial charge in [-0.1, -0.05) is 19.9 Å². The van der Waals surface area contributed by atoms with Crippen LogP contribution < -0.4 is 5.32 Å². The van der Waals surface area contributed by atoms with Gasteiger partial charge in [0.1, 0.15) is 0 Å². The Kier molecular flexibility index (Phi) is 6.07. The summed E-state index contributed by atoms with van der Waals surface area (Å²) in [6.07, 6.45) is 7.26. The Labute approximate surface area is 101 Å². The van der Waals surface area contributed by atoms with Crippen LogP contribution in [0.4, 0.5) is 0 Å². The van der Waals surface area contributed by atoms with Crippen molar-refractivity contribution in [2.75, 3.05) is 32.7 Å². The van der Waals surface area contributed by atoms with Gasteiger partial charge in [-0.25, -0.2) is 0 Å². The summed E-state index contributed by atoms with van der Waals surface area (Å²) in [5.41, 5.74) is 0.559. The zero-order valence-electron chi connectivity index (χ0n) is 11.1. The summed E-state index contributed by atoms with van der Waals surface area (Å²) in [4.78, 5) is 2.57. The van der Waals surface area contributed by atoms with Crippen molar-refractivity contribution in [3.63, 3.8) is 0 Å². The molecule has 1 fully saturated rings. The van der Waals surface area contributed by atoms with Crippen molar-refractivity contribution in [1.29, 1.82) is 0 Å². The van der Waals surface area contributed by atoms with Gasteiger partial charge in [0.05, 0.1) is 0 Å². The van der Waals surface area contributed by atoms with Crippen LogP contribution in [0, 0.1) is 5.41 Å². The van der Waals surface area contributed by atoms with E-state index in [4.69, 9.17) is 0 Å². The summed E-state index contributed by atoms with van der Waals surface area (Å²) in [6.45, 7) is 14.4. The second-order valence-electron chi connectivity index (χ2n) is 5.13. The second-order valence-corrected chi connectivity index (χ2v) is 5.13. The molecule has 1 heterocycles. The number of piperidine rings is 1. The standard InChI is InChI=1S/C14H28N2/c1-4-11-16(12-5-2)13-14(6-3)7-9-15-10-8-14/h4,15H,1,5-13H2,2-3H3. The van der Waals surface area contributed by atoms with Crippen LogP contribution in [0.2, 0.25) is 0 Å². The van der Waals surface area contributed by atoms with E-state index in [9.17, 15) is 0 Å². The van der Waals surface area contributed by atoms with Crippen LogP contribution in [0.15, 0.2) is 12.7 Å². The van der Waals surface area contributed by atoms with Crippen LogP contribution in [0.1, 0.15) is 39.5 Å². The minimum atomic E-state index is 0.559. The van der Waals surface area contributed by atoms with E-state index in [1.54, 1.807) is 0 Å². The average Bonchev–Trinajstić information content (AvgIpc) is 2.31. The van der Waals surface area contributed by atoms with Crippen LogP contribution in [0.3, 0.4) is 0 Å². The Bertz CT molecular complexity index is 195. The molecule has 1 aliphatic rings. The first kappa shape index (κ1) is 13.7. The van der Waals surface area contributed by atoms with Crippen LogP contribution in [0.5, 0.6) is 0 Å². The zero-order chi connectivity index (χ0) is 11.9. The molecule has 0 radical (unpaired) electrons. The van der Waals surface area contributed by atoms with Gasteiger partial charge in [0, 0.05) is 13.1 Å². The summed E-state index contributed by atoms with van der Waals surface area (Å²) in [6, 6.07) is 0. The molecule has 0 aromatic rings. The summed E-state index contributed by atoms with van der Waals surface area (Å²) >= 11 is 0. The molecule has 0 aromatic heterocycles. The number of hydrogen-bond acceptors (Lipinski definition) is 2. The molecular formula is C14H28N2. The van der Waals surface area contributed by atoms with Crippen molar-refractivity contribution in [2.45, 2.75) is 39.5 Å². The topological polar surface area (TPSA) is 15.3 Å². The van der Waals surface area contributed by atoms with Crippen molar-refractivity contribution >= 4 is 0 Å². The Morgan fingerprint density at radius 2 is 2.00 bits per heavy atom. The van der Waals surface area contributed by atoms with Gasteiger partial charge in [-0.05, 0) is 50.7 Å². The lowest BCUT2D eigenvalue weighted by Crippen LogP contribution is -2.44. The number of hydrogen-bond donors (Lipinski definition) is 1. The normalized spacial score (nSPS) is 19.9. The van der Waals surface area contributed by atoms with Crippen molar-refractivity contribution in [3.8, 4) is 0 Å². The van der Waals surface area contributed by atoms with Crippen LogP contribution >= 0.6 is 0 Å². The van der Waals surface area contributed by atoms with Gasteiger partial charge in [0.25, 0.3) is 0 Å². The van der Waals surface area contributed by atoms with Gasteiger partial charge in [-0.3, -0.25) is 4.90 Å². The maximum absolute atomic E-state index is 3.87. The number of nitrogens with zero attached hydrogens (tertiary/aromatic N) is 1. The van der Waals surface area contributed by atoms with Gasteiger partial charge in [0.2, 0.25) is 0 Å². The van der Waals surface area contributed by atoms with E-state index in [-0.39, 0.29) is 0 Å². The largest absolute Gasteiger partial charge is 0.317 e. The lowest BCUT2D eigenvalue weighted by Gasteiger charge is -2.40. The zero-order valence-corrected chi connectivity index (χ0v) is 11.1. The summed E-state index contributed by atoms with van der Waals surface area (Å²) in [5.74, 6) is 0. The highest BCUT2D eigenvalue weighted by Gasteiger charge is 2.31. The first-order valence-corrected chi connectivity index (χ1v) is 6.80. The molecule has 0 aliphatic carbocycles. The fourth-order valence-corrected chi connectivity index (χ4v) is 2.79. The maximum atomic E-state index is 3.87. The smallest absolute Gasteiger partial charge is 0.0160 e. The predicted molar refractivity (Wildman–Crippen MR) is 71.8 cm³/mol. The van der Waals surface area contributed by atoms with Crippen molar-refractivity contribution in [3.05, 3.63) is 12.7 Å². The van der Waals surface area contributed by atoms with Crippen molar-refractivity contribution in [2.24, 2.45) is 5.41 Å². The molecule has 1 aliphatic heterocycles.